The Hall–Kier alpha value is -2.41. The molecule has 3 saturated heterocycles. The van der Waals surface area contributed by atoms with Gasteiger partial charge in [-0.05, 0) is 57.2 Å². The van der Waals surface area contributed by atoms with Crippen molar-refractivity contribution in [2.45, 2.75) is 56.8 Å². The molecular formula is C23H29FN4O2. The number of fused-ring (bicyclic) bond motifs is 2. The summed E-state index contributed by atoms with van der Waals surface area (Å²) in [6.07, 6.45) is 12.5. The van der Waals surface area contributed by atoms with Gasteiger partial charge in [-0.2, -0.15) is 0 Å². The number of nitrogens with zero attached hydrogens (tertiary/aromatic N) is 3. The van der Waals surface area contributed by atoms with Gasteiger partial charge in [-0.25, -0.2) is 9.37 Å². The molecule has 0 radical (unpaired) electrons. The van der Waals surface area contributed by atoms with E-state index in [1.807, 2.05) is 25.2 Å². The van der Waals surface area contributed by atoms with E-state index >= 15 is 0 Å². The molecule has 5 rings (SSSR count). The molecule has 0 saturated carbocycles. The van der Waals surface area contributed by atoms with Crippen LogP contribution in [0.3, 0.4) is 0 Å². The first-order valence-electron chi connectivity index (χ1n) is 11.0. The minimum atomic E-state index is -0.773. The Kier molecular flexibility index (Phi) is 5.01. The summed E-state index contributed by atoms with van der Waals surface area (Å²) in [7, 11) is 0. The van der Waals surface area contributed by atoms with Crippen LogP contribution >= 0.6 is 0 Å². The standard InChI is InChI=1S/C23H29FN4O2/c1-16-5-4-10-23(26-16,27-11-2-3-12-27)22(29)28-19-7-8-20(28)17(13-19)15-30-21-9-6-18(24)14-25-21/h4-6,9-10,14,17,19-20,26H,2-3,7-8,11-13,15H2,1H3. The van der Waals surface area contributed by atoms with Crippen LogP contribution in [0.4, 0.5) is 4.39 Å². The average Bonchev–Trinajstić information content (AvgIpc) is 3.49. The highest BCUT2D eigenvalue weighted by Crippen LogP contribution is 2.44. The zero-order valence-electron chi connectivity index (χ0n) is 17.4. The lowest BCUT2D eigenvalue weighted by Gasteiger charge is -2.44. The van der Waals surface area contributed by atoms with Gasteiger partial charge in [-0.15, -0.1) is 0 Å². The summed E-state index contributed by atoms with van der Waals surface area (Å²) < 4.78 is 18.9. The van der Waals surface area contributed by atoms with Crippen LogP contribution < -0.4 is 10.1 Å². The van der Waals surface area contributed by atoms with Gasteiger partial charge in [-0.3, -0.25) is 9.69 Å². The van der Waals surface area contributed by atoms with Crippen molar-refractivity contribution in [2.75, 3.05) is 19.7 Å². The first-order valence-corrected chi connectivity index (χ1v) is 11.0. The quantitative estimate of drug-likeness (QED) is 0.806. The Balaban J connectivity index is 1.33. The third-order valence-corrected chi connectivity index (χ3v) is 7.05. The van der Waals surface area contributed by atoms with Crippen LogP contribution in [0.5, 0.6) is 5.88 Å². The van der Waals surface area contributed by atoms with E-state index in [2.05, 4.69) is 20.1 Å². The molecular weight excluding hydrogens is 383 g/mol. The lowest BCUT2D eigenvalue weighted by molar-refractivity contribution is -0.144. The van der Waals surface area contributed by atoms with Crippen LogP contribution in [0.15, 0.2) is 42.3 Å². The molecule has 1 aromatic rings. The number of rotatable bonds is 5. The van der Waals surface area contributed by atoms with Crippen molar-refractivity contribution in [3.8, 4) is 5.88 Å². The molecule has 0 aliphatic carbocycles. The summed E-state index contributed by atoms with van der Waals surface area (Å²) in [6, 6.07) is 3.36. The monoisotopic (exact) mass is 412 g/mol. The molecule has 6 nitrogen and oxygen atoms in total. The molecule has 4 aliphatic heterocycles. The van der Waals surface area contributed by atoms with E-state index in [0.29, 0.717) is 12.5 Å². The predicted molar refractivity (Wildman–Crippen MR) is 111 cm³/mol. The van der Waals surface area contributed by atoms with Gasteiger partial charge >= 0.3 is 0 Å². The highest BCUT2D eigenvalue weighted by molar-refractivity contribution is 5.90. The van der Waals surface area contributed by atoms with Gasteiger partial charge in [-0.1, -0.05) is 6.08 Å². The van der Waals surface area contributed by atoms with Crippen LogP contribution in [0.2, 0.25) is 0 Å². The van der Waals surface area contributed by atoms with Crippen LogP contribution in [-0.4, -0.2) is 58.1 Å². The maximum Gasteiger partial charge on any atom is 0.268 e. The Morgan fingerprint density at radius 3 is 2.90 bits per heavy atom. The van der Waals surface area contributed by atoms with Crippen molar-refractivity contribution in [2.24, 2.45) is 5.92 Å². The fraction of sp³-hybridized carbons (Fsp3) is 0.565. The van der Waals surface area contributed by atoms with Gasteiger partial charge in [0.25, 0.3) is 5.91 Å². The van der Waals surface area contributed by atoms with Gasteiger partial charge < -0.3 is 15.0 Å². The summed E-state index contributed by atoms with van der Waals surface area (Å²) in [5.74, 6) is 0.509. The Morgan fingerprint density at radius 2 is 2.17 bits per heavy atom. The number of hydrogen-bond acceptors (Lipinski definition) is 5. The lowest BCUT2D eigenvalue weighted by atomic mass is 9.90. The first-order chi connectivity index (χ1) is 14.6. The van der Waals surface area contributed by atoms with Crippen LogP contribution in [-0.2, 0) is 4.79 Å². The second-order valence-electron chi connectivity index (χ2n) is 8.93. The normalized spacial score (nSPS) is 32.9. The van der Waals surface area contributed by atoms with E-state index in [1.54, 1.807) is 6.07 Å². The molecule has 0 spiro atoms. The molecule has 4 unspecified atom stereocenters. The molecule has 1 N–H and O–H groups in total. The molecule has 1 aromatic heterocycles. The van der Waals surface area contributed by atoms with E-state index in [4.69, 9.17) is 4.74 Å². The van der Waals surface area contributed by atoms with Gasteiger partial charge in [0.05, 0.1) is 12.8 Å². The fourth-order valence-electron chi connectivity index (χ4n) is 5.68. The van der Waals surface area contributed by atoms with Crippen molar-refractivity contribution in [3.05, 3.63) is 48.1 Å². The number of ether oxygens (including phenoxy) is 1. The van der Waals surface area contributed by atoms with Crippen molar-refractivity contribution < 1.29 is 13.9 Å². The van der Waals surface area contributed by atoms with Gasteiger partial charge in [0.15, 0.2) is 5.66 Å². The second kappa shape index (κ2) is 7.69. The minimum absolute atomic E-state index is 0.169. The fourth-order valence-corrected chi connectivity index (χ4v) is 5.68. The zero-order chi connectivity index (χ0) is 20.7. The number of carbonyl (C=O) groups excluding carboxylic acids is 1. The van der Waals surface area contributed by atoms with Crippen LogP contribution in [0, 0.1) is 11.7 Å². The number of halogens is 1. The van der Waals surface area contributed by atoms with Gasteiger partial charge in [0, 0.05) is 42.9 Å². The number of allylic oxidation sites excluding steroid dienone is 3. The molecule has 3 fully saturated rings. The Labute approximate surface area is 176 Å². The molecule has 30 heavy (non-hydrogen) atoms. The molecule has 160 valence electrons. The number of dihydropyridines is 1. The van der Waals surface area contributed by atoms with E-state index in [-0.39, 0.29) is 29.7 Å². The van der Waals surface area contributed by atoms with Crippen LogP contribution in [0.1, 0.15) is 39.0 Å². The molecule has 0 aromatic carbocycles. The first kappa shape index (κ1) is 19.5. The van der Waals surface area contributed by atoms with E-state index in [0.717, 1.165) is 50.9 Å². The van der Waals surface area contributed by atoms with Crippen molar-refractivity contribution in [1.29, 1.82) is 0 Å². The van der Waals surface area contributed by atoms with Gasteiger partial charge in [0.1, 0.15) is 5.82 Å². The van der Waals surface area contributed by atoms with Crippen LogP contribution in [0.25, 0.3) is 0 Å². The molecule has 4 atom stereocenters. The topological polar surface area (TPSA) is 57.7 Å². The maximum absolute atomic E-state index is 14.0. The number of hydrogen-bond donors (Lipinski definition) is 1. The molecule has 2 bridgehead atoms. The van der Waals surface area contributed by atoms with Crippen molar-refractivity contribution in [1.82, 2.24) is 20.1 Å². The molecule has 4 aliphatic rings. The summed E-state index contributed by atoms with van der Waals surface area (Å²) in [5.41, 5.74) is 0.247. The van der Waals surface area contributed by atoms with Crippen molar-refractivity contribution in [3.63, 3.8) is 0 Å². The third-order valence-electron chi connectivity index (χ3n) is 7.05. The average molecular weight is 413 g/mol. The predicted octanol–water partition coefficient (Wildman–Crippen LogP) is 2.83. The number of carbonyl (C=O) groups is 1. The van der Waals surface area contributed by atoms with E-state index in [9.17, 15) is 9.18 Å². The molecule has 1 amide bonds. The molecule has 5 heterocycles. The molecule has 7 heteroatoms. The van der Waals surface area contributed by atoms with Crippen molar-refractivity contribution >= 4 is 5.91 Å². The smallest absolute Gasteiger partial charge is 0.268 e. The highest BCUT2D eigenvalue weighted by atomic mass is 19.1. The second-order valence-corrected chi connectivity index (χ2v) is 8.93. The number of pyridine rings is 1. The highest BCUT2D eigenvalue weighted by Gasteiger charge is 2.55. The van der Waals surface area contributed by atoms with E-state index in [1.165, 1.54) is 12.3 Å². The number of nitrogens with one attached hydrogen (secondary N) is 1. The van der Waals surface area contributed by atoms with E-state index < -0.39 is 5.66 Å². The Bertz CT molecular complexity index is 864. The number of amides is 1. The number of aromatic nitrogens is 1. The SMILES string of the molecule is CC1=CC=CC(C(=O)N2C3CCC2C(COc2ccc(F)cn2)C3)(N2CCCC2)N1. The summed E-state index contributed by atoms with van der Waals surface area (Å²) in [6.45, 7) is 4.39. The third kappa shape index (κ3) is 3.29. The Morgan fingerprint density at radius 1 is 1.33 bits per heavy atom. The maximum atomic E-state index is 14.0. The largest absolute Gasteiger partial charge is 0.477 e. The number of likely N-dealkylation sites (tertiary alicyclic amines) is 1. The summed E-state index contributed by atoms with van der Waals surface area (Å²) >= 11 is 0. The zero-order valence-corrected chi connectivity index (χ0v) is 17.4. The summed E-state index contributed by atoms with van der Waals surface area (Å²) in [4.78, 5) is 22.5. The minimum Gasteiger partial charge on any atom is -0.477 e. The summed E-state index contributed by atoms with van der Waals surface area (Å²) in [5, 5.41) is 3.53. The lowest BCUT2D eigenvalue weighted by Crippen LogP contribution is -2.66. The van der Waals surface area contributed by atoms with Gasteiger partial charge in [0.2, 0.25) is 5.88 Å².